The summed E-state index contributed by atoms with van der Waals surface area (Å²) in [5.74, 6) is -1.28. The van der Waals surface area contributed by atoms with Crippen LogP contribution in [0, 0.1) is 0 Å². The summed E-state index contributed by atoms with van der Waals surface area (Å²) < 4.78 is 42.7. The van der Waals surface area contributed by atoms with Crippen molar-refractivity contribution < 1.29 is 27.8 Å². The summed E-state index contributed by atoms with van der Waals surface area (Å²) in [7, 11) is 1.15. The van der Waals surface area contributed by atoms with E-state index in [1.54, 1.807) is 0 Å². The van der Waals surface area contributed by atoms with Crippen molar-refractivity contribution in [2.45, 2.75) is 6.18 Å². The molecule has 0 radical (unpaired) electrons. The molecule has 0 aliphatic carbocycles. The predicted molar refractivity (Wildman–Crippen MR) is 59.7 cm³/mol. The van der Waals surface area contributed by atoms with Crippen LogP contribution >= 0.6 is 0 Å². The van der Waals surface area contributed by atoms with E-state index >= 15 is 0 Å². The van der Waals surface area contributed by atoms with Crippen LogP contribution in [0.15, 0.2) is 24.4 Å². The van der Waals surface area contributed by atoms with Gasteiger partial charge in [0.1, 0.15) is 0 Å². The highest BCUT2D eigenvalue weighted by Gasteiger charge is 2.33. The second kappa shape index (κ2) is 4.42. The third-order valence-electron chi connectivity index (χ3n) is 2.59. The average Bonchev–Trinajstić information content (AvgIpc) is 2.36. The quantitative estimate of drug-likeness (QED) is 0.810. The second-order valence-electron chi connectivity index (χ2n) is 3.75. The minimum absolute atomic E-state index is 0.0337. The number of hydrogen-bond donors (Lipinski definition) is 1. The Kier molecular flexibility index (Phi) is 3.05. The molecule has 0 aliphatic heterocycles. The van der Waals surface area contributed by atoms with Gasteiger partial charge >= 0.3 is 12.1 Å². The van der Waals surface area contributed by atoms with E-state index in [0.29, 0.717) is 6.20 Å². The molecule has 0 unspecified atom stereocenters. The Morgan fingerprint density at radius 3 is 2.58 bits per heavy atom. The van der Waals surface area contributed by atoms with Gasteiger partial charge in [0, 0.05) is 17.0 Å². The van der Waals surface area contributed by atoms with Gasteiger partial charge in [-0.15, -0.1) is 0 Å². The van der Waals surface area contributed by atoms with Gasteiger partial charge in [0.2, 0.25) is 5.88 Å². The Balaban J connectivity index is 2.74. The number of fused-ring (bicyclic) bond motifs is 1. The molecule has 1 aromatic carbocycles. The second-order valence-corrected chi connectivity index (χ2v) is 3.75. The zero-order chi connectivity index (χ0) is 14.2. The Morgan fingerprint density at radius 2 is 2.00 bits per heavy atom. The van der Waals surface area contributed by atoms with Gasteiger partial charge < -0.3 is 9.84 Å². The van der Waals surface area contributed by atoms with Gasteiger partial charge in [-0.3, -0.25) is 0 Å². The summed E-state index contributed by atoms with van der Waals surface area (Å²) in [6.45, 7) is 0. The van der Waals surface area contributed by atoms with E-state index in [1.807, 2.05) is 0 Å². The fourth-order valence-corrected chi connectivity index (χ4v) is 1.70. The van der Waals surface area contributed by atoms with Gasteiger partial charge in [0.25, 0.3) is 0 Å². The molecule has 0 spiro atoms. The molecule has 1 N–H and O–H groups in total. The van der Waals surface area contributed by atoms with Crippen LogP contribution in [0.1, 0.15) is 15.9 Å². The van der Waals surface area contributed by atoms with Gasteiger partial charge in [-0.05, 0) is 12.1 Å². The number of carbonyl (C=O) groups is 1. The number of pyridine rings is 1. The molecule has 0 bridgehead atoms. The number of alkyl halides is 3. The molecule has 1 heterocycles. The molecule has 0 aliphatic rings. The highest BCUT2D eigenvalue weighted by molar-refractivity contribution is 5.98. The first-order valence-corrected chi connectivity index (χ1v) is 5.12. The van der Waals surface area contributed by atoms with Crippen molar-refractivity contribution in [1.29, 1.82) is 0 Å². The topological polar surface area (TPSA) is 59.4 Å². The normalized spacial score (nSPS) is 11.6. The van der Waals surface area contributed by atoms with Crippen LogP contribution < -0.4 is 0 Å². The van der Waals surface area contributed by atoms with Crippen molar-refractivity contribution in [3.63, 3.8) is 0 Å². The summed E-state index contributed by atoms with van der Waals surface area (Å²) in [4.78, 5) is 14.6. The molecule has 0 saturated heterocycles. The first-order chi connectivity index (χ1) is 8.84. The molecule has 7 heteroatoms. The lowest BCUT2D eigenvalue weighted by Crippen LogP contribution is -2.07. The number of ether oxygens (including phenoxy) is 1. The van der Waals surface area contributed by atoms with E-state index in [1.165, 1.54) is 6.07 Å². The lowest BCUT2D eigenvalue weighted by atomic mass is 10.0. The van der Waals surface area contributed by atoms with Crippen molar-refractivity contribution in [3.8, 4) is 5.88 Å². The number of esters is 1. The number of carbonyl (C=O) groups excluding carboxylic acids is 1. The van der Waals surface area contributed by atoms with Crippen LogP contribution in [0.25, 0.3) is 10.8 Å². The number of nitrogens with zero attached hydrogens (tertiary/aromatic N) is 1. The molecule has 4 nitrogen and oxygen atoms in total. The van der Waals surface area contributed by atoms with E-state index in [4.69, 9.17) is 0 Å². The number of aromatic nitrogens is 1. The maximum atomic E-state index is 12.8. The van der Waals surface area contributed by atoms with Crippen molar-refractivity contribution >= 4 is 16.7 Å². The van der Waals surface area contributed by atoms with E-state index in [2.05, 4.69) is 9.72 Å². The molecule has 0 amide bonds. The summed E-state index contributed by atoms with van der Waals surface area (Å²) >= 11 is 0. The van der Waals surface area contributed by atoms with Gasteiger partial charge in [0.05, 0.1) is 18.2 Å². The van der Waals surface area contributed by atoms with Crippen LogP contribution in [0.5, 0.6) is 5.88 Å². The fourth-order valence-electron chi connectivity index (χ4n) is 1.70. The summed E-state index contributed by atoms with van der Waals surface area (Å²) in [5, 5.41) is 9.13. The Bertz CT molecular complexity index is 652. The Labute approximate surface area is 105 Å². The number of hydrogen-bond acceptors (Lipinski definition) is 4. The molecular formula is C12H8F3NO3. The van der Waals surface area contributed by atoms with E-state index in [9.17, 15) is 23.1 Å². The van der Waals surface area contributed by atoms with Crippen molar-refractivity contribution in [2.75, 3.05) is 7.11 Å². The zero-order valence-corrected chi connectivity index (χ0v) is 9.65. The number of methoxy groups -OCH3 is 1. The molecule has 0 atom stereocenters. The Hall–Kier alpha value is -2.31. The van der Waals surface area contributed by atoms with Crippen molar-refractivity contribution in [3.05, 3.63) is 35.5 Å². The summed E-state index contributed by atoms with van der Waals surface area (Å²) in [5.41, 5.74) is -0.942. The van der Waals surface area contributed by atoms with Crippen LogP contribution in [-0.2, 0) is 10.9 Å². The smallest absolute Gasteiger partial charge is 0.418 e. The highest BCUT2D eigenvalue weighted by Crippen LogP contribution is 2.36. The van der Waals surface area contributed by atoms with Crippen molar-refractivity contribution in [1.82, 2.24) is 4.98 Å². The molecule has 100 valence electrons. The van der Waals surface area contributed by atoms with Crippen LogP contribution in [-0.4, -0.2) is 23.2 Å². The third kappa shape index (κ3) is 2.31. The standard InChI is InChI=1S/C12H8F3NO3/c1-19-11(18)6-2-3-7-8(4-6)10(17)16-5-9(7)12(13,14)15/h2-5H,1H3,(H,16,17). The number of halogens is 3. The zero-order valence-electron chi connectivity index (χ0n) is 9.65. The minimum atomic E-state index is -4.59. The third-order valence-corrected chi connectivity index (χ3v) is 2.59. The monoisotopic (exact) mass is 271 g/mol. The largest absolute Gasteiger partial charge is 0.493 e. The molecule has 19 heavy (non-hydrogen) atoms. The van der Waals surface area contributed by atoms with Crippen LogP contribution in [0.4, 0.5) is 13.2 Å². The summed E-state index contributed by atoms with van der Waals surface area (Å²) in [6.07, 6.45) is -4.04. The highest BCUT2D eigenvalue weighted by atomic mass is 19.4. The lowest BCUT2D eigenvalue weighted by Gasteiger charge is -2.11. The molecule has 1 aromatic heterocycles. The van der Waals surface area contributed by atoms with Crippen molar-refractivity contribution in [2.24, 2.45) is 0 Å². The minimum Gasteiger partial charge on any atom is -0.493 e. The van der Waals surface area contributed by atoms with Gasteiger partial charge in [-0.2, -0.15) is 13.2 Å². The van der Waals surface area contributed by atoms with Crippen LogP contribution in [0.3, 0.4) is 0 Å². The molecule has 0 saturated carbocycles. The van der Waals surface area contributed by atoms with Gasteiger partial charge in [-0.25, -0.2) is 9.78 Å². The van der Waals surface area contributed by atoms with Crippen LogP contribution in [0.2, 0.25) is 0 Å². The van der Waals surface area contributed by atoms with Gasteiger partial charge in [0.15, 0.2) is 0 Å². The predicted octanol–water partition coefficient (Wildman–Crippen LogP) is 2.75. The van der Waals surface area contributed by atoms with E-state index < -0.39 is 23.6 Å². The SMILES string of the molecule is COC(=O)c1ccc2c(C(F)(F)F)cnc(O)c2c1. The molecule has 0 fully saturated rings. The first-order valence-electron chi connectivity index (χ1n) is 5.12. The maximum Gasteiger partial charge on any atom is 0.418 e. The molecule has 2 aromatic rings. The maximum absolute atomic E-state index is 12.8. The number of rotatable bonds is 1. The number of aromatic hydroxyl groups is 1. The molecule has 2 rings (SSSR count). The fraction of sp³-hybridized carbons (Fsp3) is 0.167. The summed E-state index contributed by atoms with van der Waals surface area (Å²) in [6, 6.07) is 3.41. The first kappa shape index (κ1) is 13.1. The van der Waals surface area contributed by atoms with E-state index in [-0.39, 0.29) is 16.3 Å². The molecular weight excluding hydrogens is 263 g/mol. The Morgan fingerprint density at radius 1 is 1.32 bits per heavy atom. The van der Waals surface area contributed by atoms with Gasteiger partial charge in [-0.1, -0.05) is 6.07 Å². The lowest BCUT2D eigenvalue weighted by molar-refractivity contribution is -0.136. The van der Waals surface area contributed by atoms with E-state index in [0.717, 1.165) is 19.2 Å². The average molecular weight is 271 g/mol. The number of benzene rings is 1.